The molecule has 0 bridgehead atoms. The summed E-state index contributed by atoms with van der Waals surface area (Å²) in [6.45, 7) is 1.72. The minimum absolute atomic E-state index is 0.196. The Hall–Kier alpha value is -1.72. The lowest BCUT2D eigenvalue weighted by Gasteiger charge is -2.29. The van der Waals surface area contributed by atoms with Crippen molar-refractivity contribution in [3.8, 4) is 10.6 Å². The molecule has 1 saturated carbocycles. The first-order chi connectivity index (χ1) is 11.7. The monoisotopic (exact) mass is 341 g/mol. The molecule has 2 fully saturated rings. The van der Waals surface area contributed by atoms with Crippen LogP contribution in [0, 0.1) is 11.8 Å². The molecule has 1 amide bonds. The van der Waals surface area contributed by atoms with Crippen molar-refractivity contribution >= 4 is 17.2 Å². The maximum Gasteiger partial charge on any atom is 0.228 e. The van der Waals surface area contributed by atoms with Crippen molar-refractivity contribution in [1.29, 1.82) is 0 Å². The Morgan fingerprint density at radius 3 is 2.88 bits per heavy atom. The van der Waals surface area contributed by atoms with Crippen LogP contribution in [-0.2, 0) is 11.2 Å². The number of rotatable bonds is 3. The molecule has 3 atom stereocenters. The molecule has 4 rings (SSSR count). The van der Waals surface area contributed by atoms with Gasteiger partial charge in [0.2, 0.25) is 5.91 Å². The van der Waals surface area contributed by atoms with Gasteiger partial charge in [-0.2, -0.15) is 0 Å². The highest BCUT2D eigenvalue weighted by molar-refractivity contribution is 7.13. The van der Waals surface area contributed by atoms with Crippen LogP contribution in [0.15, 0.2) is 35.7 Å². The minimum atomic E-state index is 0.196. The first kappa shape index (κ1) is 15.8. The fourth-order valence-corrected chi connectivity index (χ4v) is 4.91. The van der Waals surface area contributed by atoms with Crippen molar-refractivity contribution in [2.75, 3.05) is 13.1 Å². The molecule has 1 aromatic heterocycles. The molecule has 24 heavy (non-hydrogen) atoms. The van der Waals surface area contributed by atoms with Crippen LogP contribution in [0.4, 0.5) is 0 Å². The molecule has 5 heteroatoms. The Morgan fingerprint density at radius 2 is 2.08 bits per heavy atom. The molecule has 3 unspecified atom stereocenters. The largest absolute Gasteiger partial charge is 0.342 e. The molecule has 2 aromatic rings. The average Bonchev–Trinajstić information content (AvgIpc) is 3.23. The van der Waals surface area contributed by atoms with E-state index >= 15 is 0 Å². The van der Waals surface area contributed by atoms with Gasteiger partial charge >= 0.3 is 0 Å². The molecule has 1 saturated heterocycles. The molecule has 2 heterocycles. The van der Waals surface area contributed by atoms with Gasteiger partial charge in [0.15, 0.2) is 0 Å². The van der Waals surface area contributed by atoms with Crippen LogP contribution >= 0.6 is 11.3 Å². The van der Waals surface area contributed by atoms with E-state index in [1.54, 1.807) is 11.3 Å². The SMILES string of the molecule is NC1CCCC2CN(C(=O)Cc3csc(-c4ccccc4)n3)CC12. The van der Waals surface area contributed by atoms with Gasteiger partial charge < -0.3 is 10.6 Å². The Labute approximate surface area is 146 Å². The van der Waals surface area contributed by atoms with Gasteiger partial charge in [-0.1, -0.05) is 36.8 Å². The molecular formula is C19H23N3OS. The topological polar surface area (TPSA) is 59.2 Å². The Balaban J connectivity index is 1.41. The quantitative estimate of drug-likeness (QED) is 0.934. The molecule has 1 aliphatic heterocycles. The number of carbonyl (C=O) groups excluding carboxylic acids is 1. The zero-order chi connectivity index (χ0) is 16.5. The zero-order valence-electron chi connectivity index (χ0n) is 13.7. The normalized spacial score (nSPS) is 26.4. The highest BCUT2D eigenvalue weighted by Gasteiger charge is 2.40. The number of thiazole rings is 1. The number of nitrogens with zero attached hydrogens (tertiary/aromatic N) is 2. The highest BCUT2D eigenvalue weighted by Crippen LogP contribution is 2.35. The number of benzene rings is 1. The van der Waals surface area contributed by atoms with E-state index in [1.807, 2.05) is 28.5 Å². The van der Waals surface area contributed by atoms with Gasteiger partial charge in [0.25, 0.3) is 0 Å². The summed E-state index contributed by atoms with van der Waals surface area (Å²) in [5.74, 6) is 1.30. The number of nitrogens with two attached hydrogens (primary N) is 1. The minimum Gasteiger partial charge on any atom is -0.342 e. The van der Waals surface area contributed by atoms with Crippen molar-refractivity contribution in [2.24, 2.45) is 17.6 Å². The summed E-state index contributed by atoms with van der Waals surface area (Å²) in [5.41, 5.74) is 8.24. The maximum atomic E-state index is 12.7. The predicted molar refractivity (Wildman–Crippen MR) is 96.6 cm³/mol. The van der Waals surface area contributed by atoms with E-state index in [4.69, 9.17) is 5.73 Å². The van der Waals surface area contributed by atoms with Crippen molar-refractivity contribution in [3.63, 3.8) is 0 Å². The third kappa shape index (κ3) is 3.10. The first-order valence-corrected chi connectivity index (χ1v) is 9.62. The van der Waals surface area contributed by atoms with Crippen LogP contribution in [0.2, 0.25) is 0 Å². The summed E-state index contributed by atoms with van der Waals surface area (Å²) < 4.78 is 0. The van der Waals surface area contributed by atoms with E-state index in [-0.39, 0.29) is 11.9 Å². The molecule has 126 valence electrons. The molecule has 1 aromatic carbocycles. The van der Waals surface area contributed by atoms with Crippen LogP contribution in [-0.4, -0.2) is 34.9 Å². The van der Waals surface area contributed by atoms with E-state index in [9.17, 15) is 4.79 Å². The summed E-state index contributed by atoms with van der Waals surface area (Å²) in [5, 5.41) is 2.99. The summed E-state index contributed by atoms with van der Waals surface area (Å²) in [6, 6.07) is 10.4. The lowest BCUT2D eigenvalue weighted by molar-refractivity contribution is -0.129. The summed E-state index contributed by atoms with van der Waals surface area (Å²) in [6.07, 6.45) is 3.93. The lowest BCUT2D eigenvalue weighted by atomic mass is 9.78. The second kappa shape index (κ2) is 6.65. The Bertz CT molecular complexity index is 714. The van der Waals surface area contributed by atoms with Gasteiger partial charge in [-0.05, 0) is 24.7 Å². The summed E-state index contributed by atoms with van der Waals surface area (Å²) in [7, 11) is 0. The standard InChI is InChI=1S/C19H23N3OS/c20-17-8-4-7-14-10-22(11-16(14)17)18(23)9-15-12-24-19(21-15)13-5-2-1-3-6-13/h1-3,5-6,12,14,16-17H,4,7-11,20H2. The number of likely N-dealkylation sites (tertiary alicyclic amines) is 1. The first-order valence-electron chi connectivity index (χ1n) is 8.74. The van der Waals surface area contributed by atoms with Crippen LogP contribution in [0.5, 0.6) is 0 Å². The third-order valence-corrected chi connectivity index (χ3v) is 6.35. The average molecular weight is 341 g/mol. The molecule has 0 radical (unpaired) electrons. The molecular weight excluding hydrogens is 318 g/mol. The maximum absolute atomic E-state index is 12.7. The highest BCUT2D eigenvalue weighted by atomic mass is 32.1. The number of amides is 1. The summed E-state index contributed by atoms with van der Waals surface area (Å²) >= 11 is 1.61. The van der Waals surface area contributed by atoms with Crippen molar-refractivity contribution in [1.82, 2.24) is 9.88 Å². The molecule has 2 aliphatic rings. The number of fused-ring (bicyclic) bond motifs is 1. The van der Waals surface area contributed by atoms with E-state index in [2.05, 4.69) is 17.1 Å². The smallest absolute Gasteiger partial charge is 0.228 e. The van der Waals surface area contributed by atoms with E-state index in [1.165, 1.54) is 12.8 Å². The predicted octanol–water partition coefficient (Wildman–Crippen LogP) is 2.94. The van der Waals surface area contributed by atoms with Crippen molar-refractivity contribution < 1.29 is 4.79 Å². The molecule has 2 N–H and O–H groups in total. The Morgan fingerprint density at radius 1 is 1.25 bits per heavy atom. The van der Waals surface area contributed by atoms with E-state index in [0.29, 0.717) is 18.3 Å². The number of aromatic nitrogens is 1. The van der Waals surface area contributed by atoms with E-state index < -0.39 is 0 Å². The molecule has 4 nitrogen and oxygen atoms in total. The van der Waals surface area contributed by atoms with Crippen LogP contribution in [0.3, 0.4) is 0 Å². The van der Waals surface area contributed by atoms with Crippen molar-refractivity contribution in [2.45, 2.75) is 31.7 Å². The molecule has 1 aliphatic carbocycles. The van der Waals surface area contributed by atoms with Crippen molar-refractivity contribution in [3.05, 3.63) is 41.4 Å². The zero-order valence-corrected chi connectivity index (χ0v) is 14.5. The van der Waals surface area contributed by atoms with Crippen LogP contribution in [0.1, 0.15) is 25.0 Å². The van der Waals surface area contributed by atoms with Gasteiger partial charge in [0.05, 0.1) is 12.1 Å². The van der Waals surface area contributed by atoms with Gasteiger partial charge in [0.1, 0.15) is 5.01 Å². The van der Waals surface area contributed by atoms with Gasteiger partial charge in [0, 0.05) is 30.1 Å². The second-order valence-corrected chi connectivity index (χ2v) is 7.86. The fraction of sp³-hybridized carbons (Fsp3) is 0.474. The number of carbonyl (C=O) groups is 1. The summed E-state index contributed by atoms with van der Waals surface area (Å²) in [4.78, 5) is 19.3. The number of hydrogen-bond acceptors (Lipinski definition) is 4. The fourth-order valence-electron chi connectivity index (χ4n) is 4.09. The van der Waals surface area contributed by atoms with Gasteiger partial charge in [-0.25, -0.2) is 4.98 Å². The third-order valence-electron chi connectivity index (χ3n) is 5.41. The Kier molecular flexibility index (Phi) is 4.37. The van der Waals surface area contributed by atoms with E-state index in [0.717, 1.165) is 35.8 Å². The van der Waals surface area contributed by atoms with Gasteiger partial charge in [-0.15, -0.1) is 11.3 Å². The van der Waals surface area contributed by atoms with Crippen LogP contribution < -0.4 is 5.73 Å². The molecule has 0 spiro atoms. The number of hydrogen-bond donors (Lipinski definition) is 1. The van der Waals surface area contributed by atoms with Gasteiger partial charge in [-0.3, -0.25) is 4.79 Å². The van der Waals surface area contributed by atoms with Crippen LogP contribution in [0.25, 0.3) is 10.6 Å². The lowest BCUT2D eigenvalue weighted by Crippen LogP contribution is -2.38. The second-order valence-electron chi connectivity index (χ2n) is 7.00.